The number of hydrogen-bond acceptors (Lipinski definition) is 6. The zero-order chi connectivity index (χ0) is 15.5. The van der Waals surface area contributed by atoms with Crippen LogP contribution in [0, 0.1) is 5.41 Å². The third kappa shape index (κ3) is 5.27. The molecule has 0 spiro atoms. The summed E-state index contributed by atoms with van der Waals surface area (Å²) in [7, 11) is 0. The Morgan fingerprint density at radius 2 is 1.10 bits per heavy atom. The average Bonchev–Trinajstić information content (AvgIpc) is 2.40. The highest BCUT2D eigenvalue weighted by Crippen LogP contribution is 2.45. The van der Waals surface area contributed by atoms with Crippen molar-refractivity contribution in [1.82, 2.24) is 0 Å². The van der Waals surface area contributed by atoms with E-state index in [9.17, 15) is 20.4 Å². The van der Waals surface area contributed by atoms with E-state index in [1.165, 1.54) is 0 Å². The van der Waals surface area contributed by atoms with E-state index in [0.717, 1.165) is 19.3 Å². The number of nitrogens with two attached hydrogens (primary N) is 2. The van der Waals surface area contributed by atoms with Crippen LogP contribution >= 0.6 is 0 Å². The first-order valence-electron chi connectivity index (χ1n) is 7.48. The fourth-order valence-electron chi connectivity index (χ4n) is 3.21. The number of unbranched alkanes of at least 4 members (excludes halogenated alkanes) is 1. The van der Waals surface area contributed by atoms with Crippen LogP contribution in [0.1, 0.15) is 44.9 Å². The van der Waals surface area contributed by atoms with Crippen molar-refractivity contribution < 1.29 is 20.4 Å². The highest BCUT2D eigenvalue weighted by Gasteiger charge is 2.46. The summed E-state index contributed by atoms with van der Waals surface area (Å²) in [6.07, 6.45) is 4.02. The summed E-state index contributed by atoms with van der Waals surface area (Å²) >= 11 is 0. The highest BCUT2D eigenvalue weighted by molar-refractivity contribution is 5.02. The molecule has 0 aliphatic heterocycles. The van der Waals surface area contributed by atoms with Gasteiger partial charge >= 0.3 is 0 Å². The maximum atomic E-state index is 9.40. The monoisotopic (exact) mass is 292 g/mol. The molecule has 0 aromatic heterocycles. The first-order valence-corrected chi connectivity index (χ1v) is 7.48. The van der Waals surface area contributed by atoms with Gasteiger partial charge in [-0.1, -0.05) is 6.42 Å². The van der Waals surface area contributed by atoms with Crippen LogP contribution in [0.5, 0.6) is 0 Å². The lowest BCUT2D eigenvalue weighted by molar-refractivity contribution is 0.00822. The van der Waals surface area contributed by atoms with E-state index in [1.807, 2.05) is 0 Å². The average molecular weight is 292 g/mol. The Hall–Kier alpha value is -0.240. The molecule has 0 bridgehead atoms. The lowest BCUT2D eigenvalue weighted by atomic mass is 9.60. The molecule has 0 aliphatic rings. The first-order chi connectivity index (χ1) is 9.55. The van der Waals surface area contributed by atoms with Crippen molar-refractivity contribution in [3.05, 3.63) is 0 Å². The standard InChI is InChI=1S/C14H32N2O4/c15-8-2-1-3-13(4-9-17,5-10-18)14(16,6-11-19)7-12-20/h17-20H,1-12,15-16H2. The van der Waals surface area contributed by atoms with Crippen LogP contribution in [-0.2, 0) is 0 Å². The van der Waals surface area contributed by atoms with Gasteiger partial charge in [-0.3, -0.25) is 0 Å². The van der Waals surface area contributed by atoms with Gasteiger partial charge in [-0.15, -0.1) is 0 Å². The van der Waals surface area contributed by atoms with Crippen LogP contribution in [0.25, 0.3) is 0 Å². The third-order valence-corrected chi connectivity index (χ3v) is 4.46. The molecule has 6 nitrogen and oxygen atoms in total. The maximum Gasteiger partial charge on any atom is 0.0448 e. The van der Waals surface area contributed by atoms with Crippen LogP contribution < -0.4 is 11.5 Å². The second-order valence-electron chi connectivity index (χ2n) is 5.58. The van der Waals surface area contributed by atoms with E-state index in [-0.39, 0.29) is 26.4 Å². The molecule has 0 aromatic rings. The van der Waals surface area contributed by atoms with Crippen LogP contribution in [0.4, 0.5) is 0 Å². The minimum atomic E-state index is -0.795. The molecule has 6 heteroatoms. The fourth-order valence-corrected chi connectivity index (χ4v) is 3.21. The van der Waals surface area contributed by atoms with Gasteiger partial charge in [-0.2, -0.15) is 0 Å². The molecule has 0 aliphatic carbocycles. The molecule has 8 N–H and O–H groups in total. The van der Waals surface area contributed by atoms with E-state index in [2.05, 4.69) is 0 Å². The second kappa shape index (κ2) is 10.5. The van der Waals surface area contributed by atoms with Crippen LogP contribution in [-0.4, -0.2) is 58.9 Å². The SMILES string of the molecule is NCCCCC(CCO)(CCO)C(N)(CCO)CCO. The van der Waals surface area contributed by atoms with Crippen LogP contribution in [0.2, 0.25) is 0 Å². The topological polar surface area (TPSA) is 133 Å². The Kier molecular flexibility index (Phi) is 10.4. The van der Waals surface area contributed by atoms with Crippen LogP contribution in [0.3, 0.4) is 0 Å². The van der Waals surface area contributed by atoms with Crippen molar-refractivity contribution in [3.63, 3.8) is 0 Å². The van der Waals surface area contributed by atoms with Crippen molar-refractivity contribution >= 4 is 0 Å². The van der Waals surface area contributed by atoms with Gasteiger partial charge in [0.25, 0.3) is 0 Å². The number of aliphatic hydroxyl groups is 4. The van der Waals surface area contributed by atoms with Gasteiger partial charge in [-0.05, 0) is 50.5 Å². The molecule has 0 rings (SSSR count). The third-order valence-electron chi connectivity index (χ3n) is 4.46. The van der Waals surface area contributed by atoms with Gasteiger partial charge in [0.05, 0.1) is 0 Å². The summed E-state index contributed by atoms with van der Waals surface area (Å²) in [4.78, 5) is 0. The largest absolute Gasteiger partial charge is 0.396 e. The van der Waals surface area contributed by atoms with E-state index >= 15 is 0 Å². The molecule has 20 heavy (non-hydrogen) atoms. The summed E-state index contributed by atoms with van der Waals surface area (Å²) in [5.41, 5.74) is 10.7. The lowest BCUT2D eigenvalue weighted by Gasteiger charge is -2.49. The molecule has 0 unspecified atom stereocenters. The maximum absolute atomic E-state index is 9.40. The van der Waals surface area contributed by atoms with Gasteiger partial charge in [-0.25, -0.2) is 0 Å². The Morgan fingerprint density at radius 1 is 0.650 bits per heavy atom. The Morgan fingerprint density at radius 3 is 1.45 bits per heavy atom. The Balaban J connectivity index is 5.25. The minimum Gasteiger partial charge on any atom is -0.396 e. The van der Waals surface area contributed by atoms with Crippen LogP contribution in [0.15, 0.2) is 0 Å². The zero-order valence-corrected chi connectivity index (χ0v) is 12.4. The number of aliphatic hydroxyl groups excluding tert-OH is 4. The first kappa shape index (κ1) is 19.8. The summed E-state index contributed by atoms with van der Waals surface area (Å²) in [5, 5.41) is 37.4. The van der Waals surface area contributed by atoms with E-state index in [1.54, 1.807) is 0 Å². The summed E-state index contributed by atoms with van der Waals surface area (Å²) in [6.45, 7) is 0.376. The van der Waals surface area contributed by atoms with Crippen molar-refractivity contribution in [2.24, 2.45) is 16.9 Å². The normalized spacial score (nSPS) is 12.9. The van der Waals surface area contributed by atoms with E-state index in [0.29, 0.717) is 32.2 Å². The smallest absolute Gasteiger partial charge is 0.0448 e. The molecular formula is C14H32N2O4. The molecule has 0 aromatic carbocycles. The lowest BCUT2D eigenvalue weighted by Crippen LogP contribution is -2.57. The van der Waals surface area contributed by atoms with E-state index in [4.69, 9.17) is 11.5 Å². The summed E-state index contributed by atoms with van der Waals surface area (Å²) in [5.74, 6) is 0. The number of rotatable bonds is 13. The minimum absolute atomic E-state index is 0.0293. The highest BCUT2D eigenvalue weighted by atomic mass is 16.3. The molecule has 0 saturated heterocycles. The Labute approximate surface area is 121 Å². The predicted molar refractivity (Wildman–Crippen MR) is 79.1 cm³/mol. The molecule has 0 heterocycles. The van der Waals surface area contributed by atoms with Crippen molar-refractivity contribution in [1.29, 1.82) is 0 Å². The van der Waals surface area contributed by atoms with Crippen molar-refractivity contribution in [2.75, 3.05) is 33.0 Å². The molecule has 122 valence electrons. The van der Waals surface area contributed by atoms with Crippen molar-refractivity contribution in [3.8, 4) is 0 Å². The molecule has 0 saturated carbocycles. The number of hydrogen-bond donors (Lipinski definition) is 6. The van der Waals surface area contributed by atoms with E-state index < -0.39 is 11.0 Å². The Bertz CT molecular complexity index is 227. The predicted octanol–water partition coefficient (Wildman–Crippen LogP) is -0.671. The second-order valence-corrected chi connectivity index (χ2v) is 5.58. The summed E-state index contributed by atoms with van der Waals surface area (Å²) < 4.78 is 0. The quantitative estimate of drug-likeness (QED) is 0.249. The van der Waals surface area contributed by atoms with Crippen molar-refractivity contribution in [2.45, 2.75) is 50.5 Å². The van der Waals surface area contributed by atoms with Gasteiger partial charge in [0.1, 0.15) is 0 Å². The molecule has 0 radical (unpaired) electrons. The summed E-state index contributed by atoms with van der Waals surface area (Å²) in [6, 6.07) is 0. The molecular weight excluding hydrogens is 260 g/mol. The van der Waals surface area contributed by atoms with Gasteiger partial charge in [0.15, 0.2) is 0 Å². The zero-order valence-electron chi connectivity index (χ0n) is 12.4. The molecule has 0 atom stereocenters. The van der Waals surface area contributed by atoms with Gasteiger partial charge < -0.3 is 31.9 Å². The molecule has 0 fully saturated rings. The van der Waals surface area contributed by atoms with Gasteiger partial charge in [0.2, 0.25) is 0 Å². The fraction of sp³-hybridized carbons (Fsp3) is 1.00. The van der Waals surface area contributed by atoms with Gasteiger partial charge in [0, 0.05) is 32.0 Å². The molecule has 0 amide bonds.